The highest BCUT2D eigenvalue weighted by atomic mass is 32.2. The third-order valence-electron chi connectivity index (χ3n) is 2.77. The van der Waals surface area contributed by atoms with Crippen LogP contribution in [0, 0.1) is 0 Å². The summed E-state index contributed by atoms with van der Waals surface area (Å²) in [4.78, 5) is 8.03. The summed E-state index contributed by atoms with van der Waals surface area (Å²) in [6.45, 7) is 0.612. The van der Waals surface area contributed by atoms with E-state index in [2.05, 4.69) is 14.7 Å². The largest absolute Gasteiger partial charge is 0.325 e. The van der Waals surface area contributed by atoms with Gasteiger partial charge in [0.2, 0.25) is 10.0 Å². The molecule has 0 aromatic carbocycles. The van der Waals surface area contributed by atoms with Gasteiger partial charge in [-0.05, 0) is 36.2 Å². The van der Waals surface area contributed by atoms with Gasteiger partial charge in [0.25, 0.3) is 0 Å². The van der Waals surface area contributed by atoms with Crippen molar-refractivity contribution in [3.05, 3.63) is 54.1 Å². The number of nitrogens with two attached hydrogens (primary N) is 1. The van der Waals surface area contributed by atoms with Gasteiger partial charge >= 0.3 is 0 Å². The summed E-state index contributed by atoms with van der Waals surface area (Å²) in [5.41, 5.74) is 7.10. The molecular formula is C13H16N4O2S. The molecule has 0 radical (unpaired) electrons. The lowest BCUT2D eigenvalue weighted by Crippen LogP contribution is -2.26. The minimum absolute atomic E-state index is 0.143. The number of rotatable bonds is 6. The Kier molecular flexibility index (Phi) is 4.78. The third kappa shape index (κ3) is 3.83. The summed E-state index contributed by atoms with van der Waals surface area (Å²) in [5.74, 6) is 0. The number of pyridine rings is 2. The summed E-state index contributed by atoms with van der Waals surface area (Å²) in [6.07, 6.45) is 5.28. The normalized spacial score (nSPS) is 11.4. The van der Waals surface area contributed by atoms with E-state index in [1.165, 1.54) is 12.3 Å². The first kappa shape index (κ1) is 14.6. The van der Waals surface area contributed by atoms with E-state index >= 15 is 0 Å². The second-order valence-electron chi connectivity index (χ2n) is 4.19. The fourth-order valence-corrected chi connectivity index (χ4v) is 2.63. The van der Waals surface area contributed by atoms with Gasteiger partial charge in [0, 0.05) is 31.7 Å². The summed E-state index contributed by atoms with van der Waals surface area (Å²) < 4.78 is 26.6. The summed E-state index contributed by atoms with van der Waals surface area (Å²) in [5, 5.41) is 0. The Morgan fingerprint density at radius 1 is 1.15 bits per heavy atom. The Bertz CT molecular complexity index is 642. The van der Waals surface area contributed by atoms with Gasteiger partial charge in [0.05, 0.1) is 5.69 Å². The molecule has 0 aliphatic rings. The van der Waals surface area contributed by atoms with Crippen LogP contribution in [0.5, 0.6) is 0 Å². The van der Waals surface area contributed by atoms with Crippen molar-refractivity contribution < 1.29 is 8.42 Å². The molecule has 2 rings (SSSR count). The Hall–Kier alpha value is -1.83. The lowest BCUT2D eigenvalue weighted by Gasteiger charge is -2.07. The lowest BCUT2D eigenvalue weighted by atomic mass is 10.2. The van der Waals surface area contributed by atoms with Gasteiger partial charge in [-0.1, -0.05) is 0 Å². The number of hydrogen-bond donors (Lipinski definition) is 2. The van der Waals surface area contributed by atoms with E-state index in [1.807, 2.05) is 12.1 Å². The first-order chi connectivity index (χ1) is 9.62. The van der Waals surface area contributed by atoms with Crippen LogP contribution in [-0.2, 0) is 23.0 Å². The van der Waals surface area contributed by atoms with Crippen LogP contribution in [0.3, 0.4) is 0 Å². The fraction of sp³-hybridized carbons (Fsp3) is 0.231. The Labute approximate surface area is 118 Å². The molecule has 3 N–H and O–H groups in total. The molecule has 2 aromatic rings. The molecule has 2 heterocycles. The van der Waals surface area contributed by atoms with E-state index in [0.717, 1.165) is 5.56 Å². The van der Waals surface area contributed by atoms with Gasteiger partial charge in [0.15, 0.2) is 0 Å². The van der Waals surface area contributed by atoms with Crippen LogP contribution in [-0.4, -0.2) is 24.9 Å². The zero-order valence-corrected chi connectivity index (χ0v) is 11.7. The molecule has 7 heteroatoms. The van der Waals surface area contributed by atoms with Crippen LogP contribution in [0.2, 0.25) is 0 Å². The quantitative estimate of drug-likeness (QED) is 0.806. The molecule has 0 bridgehead atoms. The number of nitrogens with zero attached hydrogens (tertiary/aromatic N) is 2. The molecule has 0 saturated heterocycles. The SMILES string of the molecule is NCc1ccc(S(=O)(=O)NCCc2ccncc2)cn1. The Balaban J connectivity index is 1.96. The highest BCUT2D eigenvalue weighted by Crippen LogP contribution is 2.07. The summed E-state index contributed by atoms with van der Waals surface area (Å²) >= 11 is 0. The lowest BCUT2D eigenvalue weighted by molar-refractivity contribution is 0.581. The molecule has 0 amide bonds. The van der Waals surface area contributed by atoms with E-state index in [4.69, 9.17) is 5.73 Å². The first-order valence-corrected chi connectivity index (χ1v) is 7.64. The summed E-state index contributed by atoms with van der Waals surface area (Å²) in [6, 6.07) is 6.82. The zero-order chi connectivity index (χ0) is 14.4. The van der Waals surface area contributed by atoms with Gasteiger partial charge in [-0.25, -0.2) is 13.1 Å². The standard InChI is InChI=1S/C13H16N4O2S/c14-9-12-1-2-13(10-16-12)20(18,19)17-8-5-11-3-6-15-7-4-11/h1-4,6-7,10,17H,5,8-9,14H2. The van der Waals surface area contributed by atoms with Crippen LogP contribution < -0.4 is 10.5 Å². The Morgan fingerprint density at radius 3 is 2.50 bits per heavy atom. The van der Waals surface area contributed by atoms with Crippen LogP contribution in [0.1, 0.15) is 11.3 Å². The maximum atomic E-state index is 12.0. The maximum absolute atomic E-state index is 12.0. The van der Waals surface area contributed by atoms with Crippen molar-refractivity contribution in [2.45, 2.75) is 17.9 Å². The molecule has 0 spiro atoms. The van der Waals surface area contributed by atoms with E-state index in [1.54, 1.807) is 18.5 Å². The molecule has 106 valence electrons. The van der Waals surface area contributed by atoms with Gasteiger partial charge in [0.1, 0.15) is 4.90 Å². The van der Waals surface area contributed by atoms with Crippen molar-refractivity contribution in [2.24, 2.45) is 5.73 Å². The monoisotopic (exact) mass is 292 g/mol. The Morgan fingerprint density at radius 2 is 1.90 bits per heavy atom. The van der Waals surface area contributed by atoms with Crippen molar-refractivity contribution in [3.63, 3.8) is 0 Å². The molecule has 0 aliphatic carbocycles. The highest BCUT2D eigenvalue weighted by Gasteiger charge is 2.13. The van der Waals surface area contributed by atoms with Crippen LogP contribution in [0.15, 0.2) is 47.8 Å². The number of hydrogen-bond acceptors (Lipinski definition) is 5. The average Bonchev–Trinajstić information content (AvgIpc) is 2.48. The topological polar surface area (TPSA) is 98.0 Å². The van der Waals surface area contributed by atoms with Crippen molar-refractivity contribution in [2.75, 3.05) is 6.54 Å². The van der Waals surface area contributed by atoms with Gasteiger partial charge < -0.3 is 5.73 Å². The van der Waals surface area contributed by atoms with E-state index in [9.17, 15) is 8.42 Å². The smallest absolute Gasteiger partial charge is 0.242 e. The number of sulfonamides is 1. The van der Waals surface area contributed by atoms with Crippen LogP contribution in [0.25, 0.3) is 0 Å². The molecule has 6 nitrogen and oxygen atoms in total. The molecule has 0 saturated carbocycles. The van der Waals surface area contributed by atoms with Gasteiger partial charge in [-0.15, -0.1) is 0 Å². The van der Waals surface area contributed by atoms with E-state index in [0.29, 0.717) is 18.7 Å². The molecule has 0 aliphatic heterocycles. The second-order valence-corrected chi connectivity index (χ2v) is 5.96. The minimum Gasteiger partial charge on any atom is -0.325 e. The molecule has 0 fully saturated rings. The first-order valence-electron chi connectivity index (χ1n) is 6.15. The van der Waals surface area contributed by atoms with Crippen molar-refractivity contribution in [3.8, 4) is 0 Å². The van der Waals surface area contributed by atoms with Gasteiger partial charge in [-0.3, -0.25) is 9.97 Å². The van der Waals surface area contributed by atoms with Crippen LogP contribution >= 0.6 is 0 Å². The maximum Gasteiger partial charge on any atom is 0.242 e. The zero-order valence-electron chi connectivity index (χ0n) is 10.9. The van der Waals surface area contributed by atoms with Crippen LogP contribution in [0.4, 0.5) is 0 Å². The van der Waals surface area contributed by atoms with Crippen molar-refractivity contribution >= 4 is 10.0 Å². The molecule has 0 atom stereocenters. The van der Waals surface area contributed by atoms with E-state index in [-0.39, 0.29) is 11.4 Å². The highest BCUT2D eigenvalue weighted by molar-refractivity contribution is 7.89. The molecule has 2 aromatic heterocycles. The minimum atomic E-state index is -3.52. The molecule has 20 heavy (non-hydrogen) atoms. The second kappa shape index (κ2) is 6.56. The van der Waals surface area contributed by atoms with Crippen molar-refractivity contribution in [1.29, 1.82) is 0 Å². The predicted molar refractivity (Wildman–Crippen MR) is 75.3 cm³/mol. The summed E-state index contributed by atoms with van der Waals surface area (Å²) in [7, 11) is -3.52. The fourth-order valence-electron chi connectivity index (χ4n) is 1.65. The third-order valence-corrected chi connectivity index (χ3v) is 4.22. The molecular weight excluding hydrogens is 276 g/mol. The predicted octanol–water partition coefficient (Wildman–Crippen LogP) is 0.456. The van der Waals surface area contributed by atoms with E-state index < -0.39 is 10.0 Å². The number of aromatic nitrogens is 2. The van der Waals surface area contributed by atoms with Crippen molar-refractivity contribution in [1.82, 2.24) is 14.7 Å². The number of nitrogens with one attached hydrogen (secondary N) is 1. The average molecular weight is 292 g/mol. The van der Waals surface area contributed by atoms with Gasteiger partial charge in [-0.2, -0.15) is 0 Å². The molecule has 0 unspecified atom stereocenters.